The molecular formula is C12H11NO. The van der Waals surface area contributed by atoms with Gasteiger partial charge in [-0.3, -0.25) is 4.98 Å². The van der Waals surface area contributed by atoms with Gasteiger partial charge in [-0.1, -0.05) is 12.1 Å². The molecule has 2 nitrogen and oxygen atoms in total. The summed E-state index contributed by atoms with van der Waals surface area (Å²) in [6.07, 6.45) is 3.61. The number of hydrogen-bond acceptors (Lipinski definition) is 2. The number of phenolic OH excluding ortho intramolecular Hbond substituents is 1. The fourth-order valence-electron chi connectivity index (χ4n) is 1.40. The molecule has 0 saturated carbocycles. The van der Waals surface area contributed by atoms with Gasteiger partial charge in [-0.2, -0.15) is 0 Å². The summed E-state index contributed by atoms with van der Waals surface area (Å²) >= 11 is 0. The number of pyridine rings is 1. The molecule has 0 aliphatic heterocycles. The van der Waals surface area contributed by atoms with Gasteiger partial charge in [0.25, 0.3) is 0 Å². The van der Waals surface area contributed by atoms with Crippen LogP contribution in [-0.4, -0.2) is 10.1 Å². The Morgan fingerprint density at radius 3 is 2.64 bits per heavy atom. The molecule has 2 aromatic rings. The van der Waals surface area contributed by atoms with Gasteiger partial charge >= 0.3 is 0 Å². The van der Waals surface area contributed by atoms with E-state index in [0.29, 0.717) is 0 Å². The molecule has 0 aliphatic carbocycles. The molecule has 2 heteroatoms. The average molecular weight is 185 g/mol. The predicted molar refractivity (Wildman–Crippen MR) is 56.1 cm³/mol. The Kier molecular flexibility index (Phi) is 2.19. The molecule has 0 bridgehead atoms. The number of benzene rings is 1. The van der Waals surface area contributed by atoms with Gasteiger partial charge in [-0.15, -0.1) is 0 Å². The molecule has 70 valence electrons. The minimum absolute atomic E-state index is 0.281. The molecule has 0 spiro atoms. The van der Waals surface area contributed by atoms with Crippen LogP contribution in [0.25, 0.3) is 11.1 Å². The molecule has 0 fully saturated rings. The minimum Gasteiger partial charge on any atom is -0.508 e. The summed E-state index contributed by atoms with van der Waals surface area (Å²) in [5.41, 5.74) is 3.13. The molecule has 0 atom stereocenters. The number of aryl methyl sites for hydroxylation is 1. The number of aromatic nitrogens is 1. The topological polar surface area (TPSA) is 33.1 Å². The van der Waals surface area contributed by atoms with Gasteiger partial charge in [0.15, 0.2) is 0 Å². The van der Waals surface area contributed by atoms with Crippen LogP contribution in [0.1, 0.15) is 5.56 Å². The van der Waals surface area contributed by atoms with E-state index in [1.807, 2.05) is 31.3 Å². The van der Waals surface area contributed by atoms with Crippen LogP contribution in [0.15, 0.2) is 42.7 Å². The maximum atomic E-state index is 9.32. The van der Waals surface area contributed by atoms with E-state index in [2.05, 4.69) is 4.98 Å². The highest BCUT2D eigenvalue weighted by molar-refractivity contribution is 5.64. The minimum atomic E-state index is 0.281. The molecule has 2 rings (SSSR count). The third-order valence-corrected chi connectivity index (χ3v) is 2.05. The van der Waals surface area contributed by atoms with Crippen molar-refractivity contribution in [1.82, 2.24) is 4.98 Å². The second kappa shape index (κ2) is 3.50. The van der Waals surface area contributed by atoms with Crippen molar-refractivity contribution in [1.29, 1.82) is 0 Å². The van der Waals surface area contributed by atoms with Gasteiger partial charge < -0.3 is 5.11 Å². The second-order valence-electron chi connectivity index (χ2n) is 3.30. The number of phenols is 1. The molecule has 0 amide bonds. The lowest BCUT2D eigenvalue weighted by atomic mass is 10.1. The highest BCUT2D eigenvalue weighted by Crippen LogP contribution is 2.22. The fraction of sp³-hybridized carbons (Fsp3) is 0.0833. The van der Waals surface area contributed by atoms with Gasteiger partial charge in [-0.05, 0) is 36.2 Å². The summed E-state index contributed by atoms with van der Waals surface area (Å²) in [5, 5.41) is 9.32. The van der Waals surface area contributed by atoms with Crippen LogP contribution in [0.3, 0.4) is 0 Å². The van der Waals surface area contributed by atoms with E-state index in [-0.39, 0.29) is 5.75 Å². The Labute approximate surface area is 82.9 Å². The lowest BCUT2D eigenvalue weighted by Crippen LogP contribution is -1.81. The normalized spacial score (nSPS) is 10.1. The Bertz CT molecular complexity index is 408. The van der Waals surface area contributed by atoms with Gasteiger partial charge in [0.05, 0.1) is 0 Å². The van der Waals surface area contributed by atoms with Crippen molar-refractivity contribution in [3.8, 4) is 16.9 Å². The SMILES string of the molecule is Cc1cncc(-c2cccc(O)c2)c1. The zero-order valence-electron chi connectivity index (χ0n) is 7.94. The molecule has 1 aromatic carbocycles. The van der Waals surface area contributed by atoms with E-state index in [4.69, 9.17) is 0 Å². The first-order chi connectivity index (χ1) is 6.75. The van der Waals surface area contributed by atoms with Crippen molar-refractivity contribution in [3.05, 3.63) is 48.3 Å². The van der Waals surface area contributed by atoms with Gasteiger partial charge in [0, 0.05) is 18.0 Å². The zero-order chi connectivity index (χ0) is 9.97. The average Bonchev–Trinajstić information content (AvgIpc) is 2.18. The first-order valence-corrected chi connectivity index (χ1v) is 4.47. The van der Waals surface area contributed by atoms with Crippen molar-refractivity contribution in [2.75, 3.05) is 0 Å². The van der Waals surface area contributed by atoms with Crippen molar-refractivity contribution >= 4 is 0 Å². The van der Waals surface area contributed by atoms with Crippen LogP contribution < -0.4 is 0 Å². The molecule has 1 aromatic heterocycles. The summed E-state index contributed by atoms with van der Waals surface area (Å²) < 4.78 is 0. The summed E-state index contributed by atoms with van der Waals surface area (Å²) in [6, 6.07) is 9.22. The second-order valence-corrected chi connectivity index (χ2v) is 3.30. The van der Waals surface area contributed by atoms with Gasteiger partial charge in [0.2, 0.25) is 0 Å². The predicted octanol–water partition coefficient (Wildman–Crippen LogP) is 2.76. The van der Waals surface area contributed by atoms with Crippen molar-refractivity contribution < 1.29 is 5.11 Å². The molecule has 0 radical (unpaired) electrons. The standard InChI is InChI=1S/C12H11NO/c1-9-5-11(8-13-7-9)10-3-2-4-12(14)6-10/h2-8,14H,1H3. The third kappa shape index (κ3) is 1.74. The summed E-state index contributed by atoms with van der Waals surface area (Å²) in [4.78, 5) is 4.11. The molecule has 14 heavy (non-hydrogen) atoms. The monoisotopic (exact) mass is 185 g/mol. The van der Waals surface area contributed by atoms with Gasteiger partial charge in [0.1, 0.15) is 5.75 Å². The van der Waals surface area contributed by atoms with Crippen LogP contribution in [0, 0.1) is 6.92 Å². The Balaban J connectivity index is 2.49. The van der Waals surface area contributed by atoms with Crippen molar-refractivity contribution in [2.45, 2.75) is 6.92 Å². The first kappa shape index (κ1) is 8.75. The van der Waals surface area contributed by atoms with Crippen molar-refractivity contribution in [3.63, 3.8) is 0 Å². The Hall–Kier alpha value is -1.83. The highest BCUT2D eigenvalue weighted by atomic mass is 16.3. The number of nitrogens with zero attached hydrogens (tertiary/aromatic N) is 1. The molecule has 0 aliphatic rings. The molecular weight excluding hydrogens is 174 g/mol. The lowest BCUT2D eigenvalue weighted by Gasteiger charge is -2.02. The number of hydrogen-bond donors (Lipinski definition) is 1. The Morgan fingerprint density at radius 2 is 1.93 bits per heavy atom. The molecule has 1 N–H and O–H groups in total. The fourth-order valence-corrected chi connectivity index (χ4v) is 1.40. The maximum Gasteiger partial charge on any atom is 0.116 e. The maximum absolute atomic E-state index is 9.32. The highest BCUT2D eigenvalue weighted by Gasteiger charge is 1.98. The van der Waals surface area contributed by atoms with Crippen LogP contribution in [0.4, 0.5) is 0 Å². The lowest BCUT2D eigenvalue weighted by molar-refractivity contribution is 0.475. The van der Waals surface area contributed by atoms with Crippen LogP contribution in [0.2, 0.25) is 0 Å². The van der Waals surface area contributed by atoms with Gasteiger partial charge in [-0.25, -0.2) is 0 Å². The first-order valence-electron chi connectivity index (χ1n) is 4.47. The summed E-state index contributed by atoms with van der Waals surface area (Å²) in [5.74, 6) is 0.281. The quantitative estimate of drug-likeness (QED) is 0.741. The van der Waals surface area contributed by atoms with E-state index in [0.717, 1.165) is 16.7 Å². The van der Waals surface area contributed by atoms with Crippen molar-refractivity contribution in [2.24, 2.45) is 0 Å². The summed E-state index contributed by atoms with van der Waals surface area (Å²) in [7, 11) is 0. The van der Waals surface area contributed by atoms with Crippen LogP contribution >= 0.6 is 0 Å². The van der Waals surface area contributed by atoms with E-state index in [9.17, 15) is 5.11 Å². The largest absolute Gasteiger partial charge is 0.508 e. The smallest absolute Gasteiger partial charge is 0.116 e. The molecule has 1 heterocycles. The van der Waals surface area contributed by atoms with E-state index < -0.39 is 0 Å². The molecule has 0 unspecified atom stereocenters. The number of aromatic hydroxyl groups is 1. The third-order valence-electron chi connectivity index (χ3n) is 2.05. The molecule has 0 saturated heterocycles. The summed E-state index contributed by atoms with van der Waals surface area (Å²) in [6.45, 7) is 2.00. The van der Waals surface area contributed by atoms with E-state index in [1.165, 1.54) is 0 Å². The van der Waals surface area contributed by atoms with E-state index in [1.54, 1.807) is 18.3 Å². The zero-order valence-corrected chi connectivity index (χ0v) is 7.94. The number of rotatable bonds is 1. The van der Waals surface area contributed by atoms with Crippen LogP contribution in [0.5, 0.6) is 5.75 Å². The van der Waals surface area contributed by atoms with E-state index >= 15 is 0 Å². The Morgan fingerprint density at radius 1 is 1.07 bits per heavy atom. The van der Waals surface area contributed by atoms with Crippen LogP contribution in [-0.2, 0) is 0 Å².